The molecule has 3 fully saturated rings. The first-order valence-corrected chi connectivity index (χ1v) is 12.2. The summed E-state index contributed by atoms with van der Waals surface area (Å²) in [4.78, 5) is 9.83. The van der Waals surface area contributed by atoms with Gasteiger partial charge in [0.2, 0.25) is 0 Å². The van der Waals surface area contributed by atoms with Crippen LogP contribution in [0.3, 0.4) is 0 Å². The number of likely N-dealkylation sites (tertiary alicyclic amines) is 1. The van der Waals surface area contributed by atoms with Gasteiger partial charge in [-0.2, -0.15) is 5.26 Å². The predicted octanol–water partition coefficient (Wildman–Crippen LogP) is 4.03. The van der Waals surface area contributed by atoms with E-state index >= 15 is 0 Å². The van der Waals surface area contributed by atoms with Gasteiger partial charge in [0.25, 0.3) is 0 Å². The van der Waals surface area contributed by atoms with Crippen LogP contribution >= 0.6 is 0 Å². The number of fused-ring (bicyclic) bond motifs is 1. The van der Waals surface area contributed by atoms with E-state index in [1.807, 2.05) is 12.1 Å². The second kappa shape index (κ2) is 8.76. The summed E-state index contributed by atoms with van der Waals surface area (Å²) in [6, 6.07) is 10.5. The van der Waals surface area contributed by atoms with E-state index in [1.165, 1.54) is 70.5 Å². The van der Waals surface area contributed by atoms with Gasteiger partial charge in [-0.25, -0.2) is 0 Å². The smallest absolute Gasteiger partial charge is 0.101 e. The van der Waals surface area contributed by atoms with Crippen molar-refractivity contribution in [3.63, 3.8) is 0 Å². The minimum absolute atomic E-state index is 0.627. The maximum absolute atomic E-state index is 9.48. The van der Waals surface area contributed by atoms with Crippen LogP contribution in [0, 0.1) is 28.6 Å². The molecule has 3 aliphatic heterocycles. The number of piperidine rings is 2. The van der Waals surface area contributed by atoms with Crippen molar-refractivity contribution in [2.24, 2.45) is 17.3 Å². The predicted molar refractivity (Wildman–Crippen MR) is 126 cm³/mol. The van der Waals surface area contributed by atoms with Gasteiger partial charge in [0, 0.05) is 36.9 Å². The monoisotopic (exact) mass is 417 g/mol. The fraction of sp³-hybridized carbons (Fsp3) is 0.615. The Morgan fingerprint density at radius 2 is 1.87 bits per heavy atom. The van der Waals surface area contributed by atoms with Crippen molar-refractivity contribution in [3.8, 4) is 6.07 Å². The standard InChI is InChI=1S/C26H35N5/c1-2-20-18-31(24-6-5-21(16-27)25-23(24)4-3-11-29-25)19-22(20)17-30-14-9-26(10-15-30)7-12-28-13-8-26/h3-6,11,20,22,28H,2,7-10,12-15,17-19H2,1H3/t20-,22-/m0/s1. The number of hydrogen-bond acceptors (Lipinski definition) is 5. The normalized spacial score (nSPS) is 26.4. The Bertz CT molecular complexity index is 948. The summed E-state index contributed by atoms with van der Waals surface area (Å²) in [6.07, 6.45) is 8.53. The quantitative estimate of drug-likeness (QED) is 0.814. The van der Waals surface area contributed by atoms with E-state index in [4.69, 9.17) is 0 Å². The SMILES string of the molecule is CC[C@H]1CN(c2ccc(C#N)c3ncccc23)C[C@@H]1CN1CCC2(CCNCC2)CC1. The highest BCUT2D eigenvalue weighted by Gasteiger charge is 2.38. The number of anilines is 1. The second-order valence-corrected chi connectivity index (χ2v) is 10.0. The lowest BCUT2D eigenvalue weighted by Crippen LogP contribution is -2.47. The van der Waals surface area contributed by atoms with Crippen LogP contribution in [-0.2, 0) is 0 Å². The number of nitrogens with zero attached hydrogens (tertiary/aromatic N) is 4. The molecule has 4 heterocycles. The second-order valence-electron chi connectivity index (χ2n) is 10.0. The maximum atomic E-state index is 9.48. The molecule has 2 aromatic rings. The number of benzene rings is 1. The van der Waals surface area contributed by atoms with E-state index in [2.05, 4.69) is 45.2 Å². The zero-order valence-electron chi connectivity index (χ0n) is 18.8. The minimum Gasteiger partial charge on any atom is -0.370 e. The summed E-state index contributed by atoms with van der Waals surface area (Å²) in [5.41, 5.74) is 3.38. The number of nitrogens with one attached hydrogen (secondary N) is 1. The van der Waals surface area contributed by atoms with Gasteiger partial charge in [-0.05, 0) is 93.4 Å². The third-order valence-electron chi connectivity index (χ3n) is 8.38. The van der Waals surface area contributed by atoms with Crippen LogP contribution in [0.4, 0.5) is 5.69 Å². The van der Waals surface area contributed by atoms with Crippen LogP contribution < -0.4 is 10.2 Å². The Morgan fingerprint density at radius 1 is 1.10 bits per heavy atom. The molecule has 0 unspecified atom stereocenters. The molecule has 1 spiro atoms. The molecular weight excluding hydrogens is 382 g/mol. The van der Waals surface area contributed by atoms with Gasteiger partial charge in [0.05, 0.1) is 11.1 Å². The van der Waals surface area contributed by atoms with Crippen molar-refractivity contribution in [1.29, 1.82) is 5.26 Å². The largest absolute Gasteiger partial charge is 0.370 e. The Balaban J connectivity index is 1.29. The molecular formula is C26H35N5. The molecule has 1 N–H and O–H groups in total. The van der Waals surface area contributed by atoms with Crippen molar-refractivity contribution in [2.45, 2.75) is 39.0 Å². The zero-order chi connectivity index (χ0) is 21.3. The summed E-state index contributed by atoms with van der Waals surface area (Å²) in [5.74, 6) is 1.45. The summed E-state index contributed by atoms with van der Waals surface area (Å²) < 4.78 is 0. The molecule has 0 amide bonds. The van der Waals surface area contributed by atoms with E-state index in [-0.39, 0.29) is 0 Å². The van der Waals surface area contributed by atoms with Crippen molar-refractivity contribution in [1.82, 2.24) is 15.2 Å². The minimum atomic E-state index is 0.627. The van der Waals surface area contributed by atoms with Crippen LogP contribution in [-0.4, -0.2) is 55.7 Å². The molecule has 31 heavy (non-hydrogen) atoms. The number of rotatable bonds is 4. The molecule has 3 aliphatic rings. The lowest BCUT2D eigenvalue weighted by atomic mass is 9.71. The van der Waals surface area contributed by atoms with Gasteiger partial charge in [0.15, 0.2) is 0 Å². The number of aromatic nitrogens is 1. The van der Waals surface area contributed by atoms with Gasteiger partial charge in [-0.3, -0.25) is 4.98 Å². The van der Waals surface area contributed by atoms with Gasteiger partial charge in [-0.1, -0.05) is 13.3 Å². The molecule has 3 saturated heterocycles. The zero-order valence-corrected chi connectivity index (χ0v) is 18.8. The molecule has 1 aromatic carbocycles. The maximum Gasteiger partial charge on any atom is 0.101 e. The molecule has 5 heteroatoms. The van der Waals surface area contributed by atoms with E-state index in [0.717, 1.165) is 35.8 Å². The molecule has 0 aliphatic carbocycles. The number of nitriles is 1. The van der Waals surface area contributed by atoms with E-state index in [9.17, 15) is 5.26 Å². The summed E-state index contributed by atoms with van der Waals surface area (Å²) in [5, 5.41) is 14.1. The highest BCUT2D eigenvalue weighted by Crippen LogP contribution is 2.41. The van der Waals surface area contributed by atoms with Crippen LogP contribution in [0.25, 0.3) is 10.9 Å². The lowest BCUT2D eigenvalue weighted by molar-refractivity contribution is 0.0629. The van der Waals surface area contributed by atoms with E-state index in [1.54, 1.807) is 6.20 Å². The molecule has 0 radical (unpaired) electrons. The summed E-state index contributed by atoms with van der Waals surface area (Å²) in [7, 11) is 0. The average Bonchev–Trinajstić information content (AvgIpc) is 3.23. The number of hydrogen-bond donors (Lipinski definition) is 1. The molecule has 5 rings (SSSR count). The van der Waals surface area contributed by atoms with Crippen molar-refractivity contribution >= 4 is 16.6 Å². The Kier molecular flexibility index (Phi) is 5.86. The number of pyridine rings is 1. The molecule has 0 bridgehead atoms. The topological polar surface area (TPSA) is 55.2 Å². The fourth-order valence-corrected chi connectivity index (χ4v) is 6.33. The van der Waals surface area contributed by atoms with Gasteiger partial charge >= 0.3 is 0 Å². The lowest BCUT2D eigenvalue weighted by Gasteiger charge is -2.45. The van der Waals surface area contributed by atoms with Gasteiger partial charge in [0.1, 0.15) is 6.07 Å². The van der Waals surface area contributed by atoms with Crippen molar-refractivity contribution < 1.29 is 0 Å². The molecule has 164 valence electrons. The first-order valence-electron chi connectivity index (χ1n) is 12.2. The van der Waals surface area contributed by atoms with Gasteiger partial charge < -0.3 is 15.1 Å². The summed E-state index contributed by atoms with van der Waals surface area (Å²) >= 11 is 0. The third kappa shape index (κ3) is 4.04. The molecule has 5 nitrogen and oxygen atoms in total. The summed E-state index contributed by atoms with van der Waals surface area (Å²) in [6.45, 7) is 10.8. The highest BCUT2D eigenvalue weighted by molar-refractivity contribution is 5.95. The van der Waals surface area contributed by atoms with Crippen molar-refractivity contribution in [3.05, 3.63) is 36.0 Å². The molecule has 0 saturated carbocycles. The van der Waals surface area contributed by atoms with Gasteiger partial charge in [-0.15, -0.1) is 0 Å². The highest BCUT2D eigenvalue weighted by atomic mass is 15.2. The van der Waals surface area contributed by atoms with Crippen LogP contribution in [0.5, 0.6) is 0 Å². The fourth-order valence-electron chi connectivity index (χ4n) is 6.33. The van der Waals surface area contributed by atoms with E-state index < -0.39 is 0 Å². The third-order valence-corrected chi connectivity index (χ3v) is 8.38. The average molecular weight is 418 g/mol. The first-order chi connectivity index (χ1) is 15.2. The molecule has 1 aromatic heterocycles. The van der Waals surface area contributed by atoms with Crippen LogP contribution in [0.2, 0.25) is 0 Å². The Hall–Kier alpha value is -2.16. The van der Waals surface area contributed by atoms with E-state index in [0.29, 0.717) is 11.0 Å². The Morgan fingerprint density at radius 3 is 2.61 bits per heavy atom. The van der Waals surface area contributed by atoms with Crippen LogP contribution in [0.15, 0.2) is 30.5 Å². The van der Waals surface area contributed by atoms with Crippen LogP contribution in [0.1, 0.15) is 44.6 Å². The first kappa shape index (κ1) is 20.7. The molecule has 2 atom stereocenters. The van der Waals surface area contributed by atoms with Crippen molar-refractivity contribution in [2.75, 3.05) is 50.7 Å². The Labute approximate surface area is 186 Å².